The average Bonchev–Trinajstić information content (AvgIpc) is 2.46. The molecule has 0 radical (unpaired) electrons. The minimum Gasteiger partial charge on any atom is -0.367 e. The molecule has 0 N–H and O–H groups in total. The van der Waals surface area contributed by atoms with E-state index in [9.17, 15) is 4.39 Å². The monoisotopic (exact) mass is 288 g/mol. The zero-order chi connectivity index (χ0) is 14.7. The summed E-state index contributed by atoms with van der Waals surface area (Å²) < 4.78 is 13.7. The van der Waals surface area contributed by atoms with Crippen LogP contribution in [0.1, 0.15) is 24.1 Å². The molecule has 2 rings (SSSR count). The first-order valence-electron chi connectivity index (χ1n) is 6.21. The Hall–Kier alpha value is -2.05. The lowest BCUT2D eigenvalue weighted by molar-refractivity contribution is 0.621. The van der Waals surface area contributed by atoms with E-state index in [1.165, 1.54) is 6.07 Å². The summed E-state index contributed by atoms with van der Waals surface area (Å²) in [6, 6.07) is 14.1. The van der Waals surface area contributed by atoms with Crippen LogP contribution >= 0.6 is 11.6 Å². The van der Waals surface area contributed by atoms with Crippen molar-refractivity contribution in [3.8, 4) is 6.07 Å². The predicted molar refractivity (Wildman–Crippen MR) is 79.4 cm³/mol. The first-order valence-corrected chi connectivity index (χ1v) is 6.59. The summed E-state index contributed by atoms with van der Waals surface area (Å²) in [6.45, 7) is 2.00. The van der Waals surface area contributed by atoms with Gasteiger partial charge in [0.25, 0.3) is 0 Å². The smallest absolute Gasteiger partial charge is 0.143 e. The van der Waals surface area contributed by atoms with Gasteiger partial charge in [0, 0.05) is 12.1 Å². The SMILES string of the molecule is CC(c1ccc(Cl)cc1)N(C)c1cccc(F)c1C#N. The molecule has 1 unspecified atom stereocenters. The van der Waals surface area contributed by atoms with Crippen molar-refractivity contribution in [1.82, 2.24) is 0 Å². The van der Waals surface area contributed by atoms with Gasteiger partial charge in [0.05, 0.1) is 11.7 Å². The summed E-state index contributed by atoms with van der Waals surface area (Å²) in [7, 11) is 1.84. The van der Waals surface area contributed by atoms with E-state index in [0.717, 1.165) is 5.56 Å². The maximum absolute atomic E-state index is 13.7. The molecule has 0 spiro atoms. The molecule has 102 valence electrons. The molecule has 0 fully saturated rings. The number of halogens is 2. The van der Waals surface area contributed by atoms with Crippen LogP contribution in [-0.2, 0) is 0 Å². The van der Waals surface area contributed by atoms with Gasteiger partial charge < -0.3 is 4.90 Å². The Bertz CT molecular complexity index is 647. The second kappa shape index (κ2) is 5.94. The zero-order valence-corrected chi connectivity index (χ0v) is 12.0. The first-order chi connectivity index (χ1) is 9.54. The molecule has 20 heavy (non-hydrogen) atoms. The second-order valence-corrected chi connectivity index (χ2v) is 5.02. The number of anilines is 1. The van der Waals surface area contributed by atoms with Gasteiger partial charge in [-0.15, -0.1) is 0 Å². The van der Waals surface area contributed by atoms with E-state index in [1.54, 1.807) is 12.1 Å². The Morgan fingerprint density at radius 2 is 1.85 bits per heavy atom. The van der Waals surface area contributed by atoms with Crippen molar-refractivity contribution in [2.45, 2.75) is 13.0 Å². The van der Waals surface area contributed by atoms with Gasteiger partial charge in [0.2, 0.25) is 0 Å². The molecule has 0 saturated carbocycles. The van der Waals surface area contributed by atoms with E-state index in [-0.39, 0.29) is 11.6 Å². The molecule has 0 heterocycles. The molecule has 2 aromatic rings. The van der Waals surface area contributed by atoms with Crippen LogP contribution in [0.4, 0.5) is 10.1 Å². The minimum atomic E-state index is -0.500. The van der Waals surface area contributed by atoms with Crippen molar-refractivity contribution in [3.63, 3.8) is 0 Å². The lowest BCUT2D eigenvalue weighted by atomic mass is 10.1. The van der Waals surface area contributed by atoms with E-state index in [2.05, 4.69) is 0 Å². The fourth-order valence-electron chi connectivity index (χ4n) is 2.09. The number of benzene rings is 2. The maximum atomic E-state index is 13.7. The zero-order valence-electron chi connectivity index (χ0n) is 11.3. The average molecular weight is 289 g/mol. The molecule has 0 saturated heterocycles. The number of hydrogen-bond donors (Lipinski definition) is 0. The molecule has 0 bridgehead atoms. The van der Waals surface area contributed by atoms with Gasteiger partial charge in [-0.2, -0.15) is 5.26 Å². The Morgan fingerprint density at radius 3 is 2.45 bits per heavy atom. The molecule has 1 atom stereocenters. The molecule has 0 aliphatic heterocycles. The largest absolute Gasteiger partial charge is 0.367 e. The van der Waals surface area contributed by atoms with Crippen molar-refractivity contribution in [3.05, 3.63) is 64.4 Å². The number of nitrogens with zero attached hydrogens (tertiary/aromatic N) is 2. The molecular weight excluding hydrogens is 275 g/mol. The third-order valence-corrected chi connectivity index (χ3v) is 3.67. The molecule has 0 amide bonds. The van der Waals surface area contributed by atoms with Crippen molar-refractivity contribution in [2.24, 2.45) is 0 Å². The van der Waals surface area contributed by atoms with Gasteiger partial charge in [-0.05, 0) is 36.8 Å². The number of rotatable bonds is 3. The van der Waals surface area contributed by atoms with Gasteiger partial charge in [0.1, 0.15) is 17.4 Å². The Morgan fingerprint density at radius 1 is 1.20 bits per heavy atom. The summed E-state index contributed by atoms with van der Waals surface area (Å²) in [5.74, 6) is -0.500. The summed E-state index contributed by atoms with van der Waals surface area (Å²) >= 11 is 5.88. The standard InChI is InChI=1S/C16H14ClFN2/c1-11(12-6-8-13(17)9-7-12)20(2)16-5-3-4-15(18)14(16)10-19/h3-9,11H,1-2H3. The number of nitriles is 1. The Kier molecular flexibility index (Phi) is 4.26. The topological polar surface area (TPSA) is 27.0 Å². The number of hydrogen-bond acceptors (Lipinski definition) is 2. The molecule has 2 aromatic carbocycles. The molecular formula is C16H14ClFN2. The maximum Gasteiger partial charge on any atom is 0.143 e. The first kappa shape index (κ1) is 14.4. The van der Waals surface area contributed by atoms with Crippen LogP contribution in [0.3, 0.4) is 0 Å². The van der Waals surface area contributed by atoms with Crippen molar-refractivity contribution in [1.29, 1.82) is 5.26 Å². The van der Waals surface area contributed by atoms with E-state index in [4.69, 9.17) is 16.9 Å². The highest BCUT2D eigenvalue weighted by atomic mass is 35.5. The highest BCUT2D eigenvalue weighted by molar-refractivity contribution is 6.30. The lowest BCUT2D eigenvalue weighted by Gasteiger charge is -2.28. The Balaban J connectivity index is 2.36. The van der Waals surface area contributed by atoms with E-state index < -0.39 is 5.82 Å². The highest BCUT2D eigenvalue weighted by Gasteiger charge is 2.17. The van der Waals surface area contributed by atoms with E-state index >= 15 is 0 Å². The molecule has 4 heteroatoms. The molecule has 0 aliphatic rings. The third kappa shape index (κ3) is 2.76. The van der Waals surface area contributed by atoms with Crippen LogP contribution < -0.4 is 4.90 Å². The van der Waals surface area contributed by atoms with Gasteiger partial charge in [0.15, 0.2) is 0 Å². The van der Waals surface area contributed by atoms with Crippen LogP contribution in [0.2, 0.25) is 5.02 Å². The highest BCUT2D eigenvalue weighted by Crippen LogP contribution is 2.29. The van der Waals surface area contributed by atoms with Gasteiger partial charge in [-0.1, -0.05) is 29.8 Å². The van der Waals surface area contributed by atoms with Crippen molar-refractivity contribution >= 4 is 17.3 Å². The molecule has 2 nitrogen and oxygen atoms in total. The molecule has 0 aromatic heterocycles. The van der Waals surface area contributed by atoms with Crippen LogP contribution in [-0.4, -0.2) is 7.05 Å². The normalized spacial score (nSPS) is 11.8. The fourth-order valence-corrected chi connectivity index (χ4v) is 2.22. The summed E-state index contributed by atoms with van der Waals surface area (Å²) in [5, 5.41) is 9.78. The third-order valence-electron chi connectivity index (χ3n) is 3.42. The summed E-state index contributed by atoms with van der Waals surface area (Å²) in [6.07, 6.45) is 0. The predicted octanol–water partition coefficient (Wildman–Crippen LogP) is 4.55. The van der Waals surface area contributed by atoms with Crippen molar-refractivity contribution < 1.29 is 4.39 Å². The summed E-state index contributed by atoms with van der Waals surface area (Å²) in [5.41, 5.74) is 1.69. The fraction of sp³-hybridized carbons (Fsp3) is 0.188. The van der Waals surface area contributed by atoms with Crippen LogP contribution in [0.5, 0.6) is 0 Å². The van der Waals surface area contributed by atoms with Crippen LogP contribution in [0.15, 0.2) is 42.5 Å². The van der Waals surface area contributed by atoms with Gasteiger partial charge >= 0.3 is 0 Å². The van der Waals surface area contributed by atoms with Crippen LogP contribution in [0, 0.1) is 17.1 Å². The quantitative estimate of drug-likeness (QED) is 0.828. The van der Waals surface area contributed by atoms with Crippen LogP contribution in [0.25, 0.3) is 0 Å². The lowest BCUT2D eigenvalue weighted by Crippen LogP contribution is -2.22. The van der Waals surface area contributed by atoms with Gasteiger partial charge in [-0.25, -0.2) is 4.39 Å². The summed E-state index contributed by atoms with van der Waals surface area (Å²) in [4.78, 5) is 1.88. The molecule has 0 aliphatic carbocycles. The second-order valence-electron chi connectivity index (χ2n) is 4.58. The Labute approximate surface area is 123 Å². The van der Waals surface area contributed by atoms with E-state index in [0.29, 0.717) is 10.7 Å². The van der Waals surface area contributed by atoms with Crippen molar-refractivity contribution in [2.75, 3.05) is 11.9 Å². The van der Waals surface area contributed by atoms with Gasteiger partial charge in [-0.3, -0.25) is 0 Å². The minimum absolute atomic E-state index is 0.00108. The van der Waals surface area contributed by atoms with E-state index in [1.807, 2.05) is 49.2 Å².